The molecule has 3 heteroatoms. The highest BCUT2D eigenvalue weighted by Gasteiger charge is 2.16. The van der Waals surface area contributed by atoms with Gasteiger partial charge in [-0.1, -0.05) is 20.4 Å². The van der Waals surface area contributed by atoms with E-state index in [2.05, 4.69) is 11.9 Å². The number of Topliss-reactive ketones (excluding diaryl/α,β-unsaturated/α-hetero) is 1. The Bertz CT molecular complexity index is 209. The summed E-state index contributed by atoms with van der Waals surface area (Å²) in [6, 6.07) is -0.0806. The fourth-order valence-electron chi connectivity index (χ4n) is 1.00. The summed E-state index contributed by atoms with van der Waals surface area (Å²) in [5.41, 5.74) is 0. The molecule has 0 radical (unpaired) electrons. The first kappa shape index (κ1) is 11.9. The van der Waals surface area contributed by atoms with E-state index in [-0.39, 0.29) is 23.7 Å². The molecule has 0 aromatic heterocycles. The number of nitrogens with one attached hydrogen (secondary N) is 1. The highest BCUT2D eigenvalue weighted by molar-refractivity contribution is 5.87. The zero-order chi connectivity index (χ0) is 10.4. The predicted octanol–water partition coefficient (Wildman–Crippen LogP) is 1.29. The molecule has 0 aromatic rings. The second-order valence-electron chi connectivity index (χ2n) is 3.47. The van der Waals surface area contributed by atoms with Crippen molar-refractivity contribution in [3.8, 4) is 0 Å². The topological polar surface area (TPSA) is 46.2 Å². The van der Waals surface area contributed by atoms with Crippen molar-refractivity contribution in [3.63, 3.8) is 0 Å². The maximum Gasteiger partial charge on any atom is 0.243 e. The van der Waals surface area contributed by atoms with Gasteiger partial charge in [0.25, 0.3) is 0 Å². The zero-order valence-electron chi connectivity index (χ0n) is 8.46. The van der Waals surface area contributed by atoms with Crippen molar-refractivity contribution in [2.75, 3.05) is 0 Å². The van der Waals surface area contributed by atoms with Crippen LogP contribution in [0.5, 0.6) is 0 Å². The Kier molecular flexibility index (Phi) is 5.04. The lowest BCUT2D eigenvalue weighted by Crippen LogP contribution is -2.38. The van der Waals surface area contributed by atoms with Gasteiger partial charge in [-0.15, -0.1) is 0 Å². The molecule has 0 aliphatic heterocycles. The van der Waals surface area contributed by atoms with Crippen molar-refractivity contribution in [1.29, 1.82) is 0 Å². The third-order valence-electron chi connectivity index (χ3n) is 1.83. The molecule has 13 heavy (non-hydrogen) atoms. The minimum atomic E-state index is -0.222. The Balaban J connectivity index is 4.17. The van der Waals surface area contributed by atoms with Crippen molar-refractivity contribution in [3.05, 3.63) is 12.7 Å². The molecule has 0 bridgehead atoms. The van der Waals surface area contributed by atoms with E-state index >= 15 is 0 Å². The van der Waals surface area contributed by atoms with Crippen LogP contribution in [-0.4, -0.2) is 17.7 Å². The van der Waals surface area contributed by atoms with Gasteiger partial charge in [-0.25, -0.2) is 0 Å². The smallest absolute Gasteiger partial charge is 0.243 e. The number of amides is 1. The molecular formula is C10H17NO2. The minimum Gasteiger partial charge on any atom is -0.349 e. The first-order valence-corrected chi connectivity index (χ1v) is 4.39. The maximum atomic E-state index is 11.0. The average Bonchev–Trinajstić information content (AvgIpc) is 2.02. The molecule has 0 aliphatic carbocycles. The summed E-state index contributed by atoms with van der Waals surface area (Å²) in [6.07, 6.45) is 1.60. The lowest BCUT2D eigenvalue weighted by atomic mass is 9.99. The van der Waals surface area contributed by atoms with Crippen LogP contribution in [0.1, 0.15) is 27.2 Å². The highest BCUT2D eigenvalue weighted by Crippen LogP contribution is 2.06. The molecule has 1 amide bonds. The van der Waals surface area contributed by atoms with Gasteiger partial charge in [0.05, 0.1) is 0 Å². The largest absolute Gasteiger partial charge is 0.349 e. The van der Waals surface area contributed by atoms with Gasteiger partial charge >= 0.3 is 0 Å². The lowest BCUT2D eigenvalue weighted by Gasteiger charge is -2.20. The molecule has 0 aliphatic rings. The summed E-state index contributed by atoms with van der Waals surface area (Å²) >= 11 is 0. The van der Waals surface area contributed by atoms with Crippen LogP contribution in [0, 0.1) is 5.92 Å². The fraction of sp³-hybridized carbons (Fsp3) is 0.600. The normalized spacial score (nSPS) is 12.3. The van der Waals surface area contributed by atoms with E-state index in [1.54, 1.807) is 0 Å². The van der Waals surface area contributed by atoms with E-state index in [4.69, 9.17) is 0 Å². The molecule has 74 valence electrons. The van der Waals surface area contributed by atoms with Gasteiger partial charge in [0.1, 0.15) is 5.78 Å². The Morgan fingerprint density at radius 3 is 2.31 bits per heavy atom. The number of carbonyl (C=O) groups is 2. The molecular weight excluding hydrogens is 166 g/mol. The van der Waals surface area contributed by atoms with Crippen LogP contribution in [0.15, 0.2) is 12.7 Å². The number of ketones is 1. The quantitative estimate of drug-likeness (QED) is 0.653. The van der Waals surface area contributed by atoms with Crippen LogP contribution < -0.4 is 5.32 Å². The van der Waals surface area contributed by atoms with Crippen molar-refractivity contribution in [2.24, 2.45) is 5.92 Å². The van der Waals surface area contributed by atoms with Crippen molar-refractivity contribution in [1.82, 2.24) is 5.32 Å². The van der Waals surface area contributed by atoms with Crippen LogP contribution in [0.25, 0.3) is 0 Å². The van der Waals surface area contributed by atoms with Gasteiger partial charge in [0.15, 0.2) is 0 Å². The second kappa shape index (κ2) is 5.51. The third-order valence-corrected chi connectivity index (χ3v) is 1.83. The van der Waals surface area contributed by atoms with Crippen LogP contribution in [-0.2, 0) is 9.59 Å². The molecule has 0 fully saturated rings. The van der Waals surface area contributed by atoms with Crippen LogP contribution in [0.2, 0.25) is 0 Å². The van der Waals surface area contributed by atoms with Gasteiger partial charge in [0, 0.05) is 12.5 Å². The van der Waals surface area contributed by atoms with E-state index in [9.17, 15) is 9.59 Å². The van der Waals surface area contributed by atoms with E-state index < -0.39 is 0 Å². The number of hydrogen-bond acceptors (Lipinski definition) is 2. The van der Waals surface area contributed by atoms with Crippen LogP contribution >= 0.6 is 0 Å². The van der Waals surface area contributed by atoms with Gasteiger partial charge < -0.3 is 5.32 Å². The minimum absolute atomic E-state index is 0.0806. The van der Waals surface area contributed by atoms with Crippen molar-refractivity contribution < 1.29 is 9.59 Å². The first-order chi connectivity index (χ1) is 5.97. The SMILES string of the molecule is C=CC(=O)NC(CC(C)=O)C(C)C. The van der Waals surface area contributed by atoms with E-state index in [1.165, 1.54) is 13.0 Å². The Labute approximate surface area is 79.2 Å². The molecule has 1 atom stereocenters. The van der Waals surface area contributed by atoms with E-state index in [1.807, 2.05) is 13.8 Å². The van der Waals surface area contributed by atoms with Crippen molar-refractivity contribution >= 4 is 11.7 Å². The molecule has 1 unspecified atom stereocenters. The van der Waals surface area contributed by atoms with Gasteiger partial charge in [0.2, 0.25) is 5.91 Å². The Morgan fingerprint density at radius 1 is 1.46 bits per heavy atom. The highest BCUT2D eigenvalue weighted by atomic mass is 16.1. The molecule has 0 saturated carbocycles. The molecule has 0 heterocycles. The predicted molar refractivity (Wildman–Crippen MR) is 52.3 cm³/mol. The third kappa shape index (κ3) is 5.17. The summed E-state index contributed by atoms with van der Waals surface area (Å²) in [7, 11) is 0. The summed E-state index contributed by atoms with van der Waals surface area (Å²) < 4.78 is 0. The number of hydrogen-bond donors (Lipinski definition) is 1. The van der Waals surface area contributed by atoms with E-state index in [0.29, 0.717) is 6.42 Å². The molecule has 3 nitrogen and oxygen atoms in total. The molecule has 1 N–H and O–H groups in total. The van der Waals surface area contributed by atoms with Gasteiger partial charge in [-0.05, 0) is 18.9 Å². The first-order valence-electron chi connectivity index (χ1n) is 4.39. The molecule has 0 aromatic carbocycles. The summed E-state index contributed by atoms with van der Waals surface area (Å²) in [5.74, 6) is 0.121. The second-order valence-corrected chi connectivity index (χ2v) is 3.47. The van der Waals surface area contributed by atoms with E-state index in [0.717, 1.165) is 0 Å². The summed E-state index contributed by atoms with van der Waals surface area (Å²) in [5, 5.41) is 2.72. The Hall–Kier alpha value is -1.12. The fourth-order valence-corrected chi connectivity index (χ4v) is 1.00. The van der Waals surface area contributed by atoms with Crippen LogP contribution in [0.4, 0.5) is 0 Å². The number of carbonyl (C=O) groups excluding carboxylic acids is 2. The molecule has 0 saturated heterocycles. The molecule has 0 spiro atoms. The Morgan fingerprint density at radius 2 is 2.00 bits per heavy atom. The summed E-state index contributed by atoms with van der Waals surface area (Å²) in [6.45, 7) is 8.82. The van der Waals surface area contributed by atoms with Crippen molar-refractivity contribution in [2.45, 2.75) is 33.2 Å². The van der Waals surface area contributed by atoms with Gasteiger partial charge in [-0.2, -0.15) is 0 Å². The monoisotopic (exact) mass is 183 g/mol. The van der Waals surface area contributed by atoms with Gasteiger partial charge in [-0.3, -0.25) is 9.59 Å². The lowest BCUT2D eigenvalue weighted by molar-refractivity contribution is -0.119. The standard InChI is InChI=1S/C10H17NO2/c1-5-10(13)11-9(7(2)3)6-8(4)12/h5,7,9H,1,6H2,2-4H3,(H,11,13). The number of rotatable bonds is 5. The zero-order valence-corrected chi connectivity index (χ0v) is 8.46. The summed E-state index contributed by atoms with van der Waals surface area (Å²) in [4.78, 5) is 21.8. The van der Waals surface area contributed by atoms with Crippen LogP contribution in [0.3, 0.4) is 0 Å². The maximum absolute atomic E-state index is 11.0. The molecule has 0 rings (SSSR count). The average molecular weight is 183 g/mol.